The van der Waals surface area contributed by atoms with Gasteiger partial charge in [-0.3, -0.25) is 14.5 Å². The Morgan fingerprint density at radius 1 is 1.19 bits per heavy atom. The van der Waals surface area contributed by atoms with Crippen molar-refractivity contribution in [1.29, 1.82) is 0 Å². The van der Waals surface area contributed by atoms with Crippen molar-refractivity contribution in [1.82, 2.24) is 4.90 Å². The maximum atomic E-state index is 12.1. The van der Waals surface area contributed by atoms with E-state index in [0.717, 1.165) is 12.0 Å². The average Bonchev–Trinajstić information content (AvgIpc) is 2.51. The summed E-state index contributed by atoms with van der Waals surface area (Å²) in [5.74, 6) is -0.308. The topological polar surface area (TPSA) is 37.4 Å². The molecule has 2 amide bonds. The van der Waals surface area contributed by atoms with Crippen LogP contribution >= 0.6 is 0 Å². The smallest absolute Gasteiger partial charge is 0.262 e. The van der Waals surface area contributed by atoms with Crippen LogP contribution in [0.5, 0.6) is 0 Å². The van der Waals surface area contributed by atoms with Crippen molar-refractivity contribution in [3.8, 4) is 0 Å². The summed E-state index contributed by atoms with van der Waals surface area (Å²) < 4.78 is 0. The molecule has 1 aromatic rings. The molecule has 16 heavy (non-hydrogen) atoms. The number of carbonyl (C=O) groups is 2. The van der Waals surface area contributed by atoms with Crippen LogP contribution in [-0.4, -0.2) is 22.8 Å². The molecule has 3 heteroatoms. The van der Waals surface area contributed by atoms with Crippen molar-refractivity contribution >= 4 is 11.8 Å². The van der Waals surface area contributed by atoms with E-state index < -0.39 is 0 Å². The lowest BCUT2D eigenvalue weighted by molar-refractivity contribution is 0.0609. The predicted octanol–water partition coefficient (Wildman–Crippen LogP) is 2.25. The number of amides is 2. The first kappa shape index (κ1) is 10.9. The third-order valence-electron chi connectivity index (χ3n) is 2.93. The standard InChI is InChI=1S/C13H15NO2/c1-4-9-6-5-7-10-11(9)13(16)14(8(2)3)12(10)15/h5-8H,4H2,1-3H3. The first-order valence-electron chi connectivity index (χ1n) is 5.57. The van der Waals surface area contributed by atoms with Gasteiger partial charge in [-0.05, 0) is 31.9 Å². The first-order valence-corrected chi connectivity index (χ1v) is 5.57. The van der Waals surface area contributed by atoms with E-state index >= 15 is 0 Å². The Hall–Kier alpha value is -1.64. The van der Waals surface area contributed by atoms with Crippen LogP contribution < -0.4 is 0 Å². The van der Waals surface area contributed by atoms with Crippen molar-refractivity contribution in [2.75, 3.05) is 0 Å². The van der Waals surface area contributed by atoms with Crippen LogP contribution in [0.15, 0.2) is 18.2 Å². The highest BCUT2D eigenvalue weighted by atomic mass is 16.2. The van der Waals surface area contributed by atoms with Crippen LogP contribution in [0.25, 0.3) is 0 Å². The predicted molar refractivity (Wildman–Crippen MR) is 61.5 cm³/mol. The quantitative estimate of drug-likeness (QED) is 0.712. The molecule has 0 aromatic heterocycles. The number of hydrogen-bond acceptors (Lipinski definition) is 2. The number of imide groups is 1. The number of fused-ring (bicyclic) bond motifs is 1. The fraction of sp³-hybridized carbons (Fsp3) is 0.385. The number of aryl methyl sites for hydroxylation is 1. The molecule has 0 aliphatic carbocycles. The highest BCUT2D eigenvalue weighted by Crippen LogP contribution is 2.27. The molecule has 0 fully saturated rings. The van der Waals surface area contributed by atoms with Crippen molar-refractivity contribution in [2.24, 2.45) is 0 Å². The van der Waals surface area contributed by atoms with Gasteiger partial charge in [0.1, 0.15) is 0 Å². The van der Waals surface area contributed by atoms with E-state index in [4.69, 9.17) is 0 Å². The number of nitrogens with zero attached hydrogens (tertiary/aromatic N) is 1. The zero-order valence-corrected chi connectivity index (χ0v) is 9.78. The van der Waals surface area contributed by atoms with Gasteiger partial charge in [-0.1, -0.05) is 19.1 Å². The van der Waals surface area contributed by atoms with Crippen LogP contribution in [0.2, 0.25) is 0 Å². The normalized spacial score (nSPS) is 14.9. The molecule has 84 valence electrons. The lowest BCUT2D eigenvalue weighted by Crippen LogP contribution is -2.36. The average molecular weight is 217 g/mol. The van der Waals surface area contributed by atoms with Gasteiger partial charge in [-0.15, -0.1) is 0 Å². The van der Waals surface area contributed by atoms with Gasteiger partial charge in [-0.25, -0.2) is 0 Å². The fourth-order valence-electron chi connectivity index (χ4n) is 2.14. The molecule has 1 aromatic carbocycles. The minimum atomic E-state index is -0.162. The van der Waals surface area contributed by atoms with Crippen LogP contribution in [0, 0.1) is 0 Å². The maximum absolute atomic E-state index is 12.1. The highest BCUT2D eigenvalue weighted by molar-refractivity contribution is 6.22. The lowest BCUT2D eigenvalue weighted by atomic mass is 10.0. The van der Waals surface area contributed by atoms with E-state index in [9.17, 15) is 9.59 Å². The number of carbonyl (C=O) groups excluding carboxylic acids is 2. The Balaban J connectivity index is 2.60. The van der Waals surface area contributed by atoms with Crippen LogP contribution in [0.4, 0.5) is 0 Å². The van der Waals surface area contributed by atoms with E-state index in [0.29, 0.717) is 11.1 Å². The highest BCUT2D eigenvalue weighted by Gasteiger charge is 2.38. The summed E-state index contributed by atoms with van der Waals surface area (Å²) in [4.78, 5) is 25.5. The van der Waals surface area contributed by atoms with Gasteiger partial charge in [0.05, 0.1) is 11.1 Å². The Labute approximate surface area is 95.1 Å². The van der Waals surface area contributed by atoms with Gasteiger partial charge in [0.25, 0.3) is 11.8 Å². The summed E-state index contributed by atoms with van der Waals surface area (Å²) in [6.07, 6.45) is 0.772. The summed E-state index contributed by atoms with van der Waals surface area (Å²) in [6, 6.07) is 5.40. The van der Waals surface area contributed by atoms with Gasteiger partial charge < -0.3 is 0 Å². The summed E-state index contributed by atoms with van der Waals surface area (Å²) in [6.45, 7) is 5.70. The van der Waals surface area contributed by atoms with E-state index in [2.05, 4.69) is 0 Å². The van der Waals surface area contributed by atoms with Crippen molar-refractivity contribution in [2.45, 2.75) is 33.2 Å². The third-order valence-corrected chi connectivity index (χ3v) is 2.93. The Morgan fingerprint density at radius 2 is 1.88 bits per heavy atom. The molecule has 0 unspecified atom stereocenters. The fourth-order valence-corrected chi connectivity index (χ4v) is 2.14. The second-order valence-corrected chi connectivity index (χ2v) is 4.27. The van der Waals surface area contributed by atoms with Gasteiger partial charge >= 0.3 is 0 Å². The molecule has 1 aliphatic heterocycles. The Kier molecular flexibility index (Phi) is 2.54. The Bertz CT molecular complexity index is 463. The number of benzene rings is 1. The molecule has 0 bridgehead atoms. The van der Waals surface area contributed by atoms with E-state index in [1.165, 1.54) is 4.90 Å². The zero-order chi connectivity index (χ0) is 11.9. The molecular weight excluding hydrogens is 202 g/mol. The molecule has 2 rings (SSSR count). The zero-order valence-electron chi connectivity index (χ0n) is 9.78. The molecular formula is C13H15NO2. The summed E-state index contributed by atoms with van der Waals surface area (Å²) in [7, 11) is 0. The molecule has 0 saturated heterocycles. The molecule has 1 heterocycles. The molecule has 0 atom stereocenters. The van der Waals surface area contributed by atoms with Gasteiger partial charge in [0.15, 0.2) is 0 Å². The van der Waals surface area contributed by atoms with Crippen molar-refractivity contribution in [3.63, 3.8) is 0 Å². The minimum Gasteiger partial charge on any atom is -0.272 e. The van der Waals surface area contributed by atoms with Crippen molar-refractivity contribution in [3.05, 3.63) is 34.9 Å². The largest absolute Gasteiger partial charge is 0.272 e. The molecule has 1 aliphatic rings. The van der Waals surface area contributed by atoms with E-state index in [1.807, 2.05) is 32.9 Å². The molecule has 3 nitrogen and oxygen atoms in total. The molecule has 0 radical (unpaired) electrons. The summed E-state index contributed by atoms with van der Waals surface area (Å²) in [5.41, 5.74) is 2.11. The molecule has 0 saturated carbocycles. The molecule has 0 spiro atoms. The van der Waals surface area contributed by atoms with E-state index in [-0.39, 0.29) is 17.9 Å². The van der Waals surface area contributed by atoms with E-state index in [1.54, 1.807) is 6.07 Å². The van der Waals surface area contributed by atoms with Crippen LogP contribution in [-0.2, 0) is 6.42 Å². The van der Waals surface area contributed by atoms with Gasteiger partial charge in [0.2, 0.25) is 0 Å². The SMILES string of the molecule is CCc1cccc2c1C(=O)N(C(C)C)C2=O. The van der Waals surface area contributed by atoms with Crippen molar-refractivity contribution < 1.29 is 9.59 Å². The summed E-state index contributed by atoms with van der Waals surface area (Å²) >= 11 is 0. The monoisotopic (exact) mass is 217 g/mol. The Morgan fingerprint density at radius 3 is 2.44 bits per heavy atom. The third kappa shape index (κ3) is 1.35. The number of rotatable bonds is 2. The summed E-state index contributed by atoms with van der Waals surface area (Å²) in [5, 5.41) is 0. The minimum absolute atomic E-state index is 0.0860. The number of hydrogen-bond donors (Lipinski definition) is 0. The maximum Gasteiger partial charge on any atom is 0.262 e. The second-order valence-electron chi connectivity index (χ2n) is 4.27. The van der Waals surface area contributed by atoms with Crippen LogP contribution in [0.3, 0.4) is 0 Å². The molecule has 0 N–H and O–H groups in total. The van der Waals surface area contributed by atoms with Crippen LogP contribution in [0.1, 0.15) is 47.1 Å². The first-order chi connectivity index (χ1) is 7.57. The van der Waals surface area contributed by atoms with Gasteiger partial charge in [0, 0.05) is 6.04 Å². The lowest BCUT2D eigenvalue weighted by Gasteiger charge is -2.17. The second kappa shape index (κ2) is 3.74. The van der Waals surface area contributed by atoms with Gasteiger partial charge in [-0.2, -0.15) is 0 Å².